The van der Waals surface area contributed by atoms with Gasteiger partial charge in [0.05, 0.1) is 12.6 Å². The molecule has 0 spiro atoms. The van der Waals surface area contributed by atoms with E-state index in [2.05, 4.69) is 24.0 Å². The van der Waals surface area contributed by atoms with Crippen LogP contribution in [0, 0.1) is 12.3 Å². The summed E-state index contributed by atoms with van der Waals surface area (Å²) in [6, 6.07) is 13.9. The van der Waals surface area contributed by atoms with Gasteiger partial charge in [-0.3, -0.25) is 4.99 Å². The predicted octanol–water partition coefficient (Wildman–Crippen LogP) is 4.68. The molecule has 2 N–H and O–H groups in total. The van der Waals surface area contributed by atoms with Gasteiger partial charge in [-0.2, -0.15) is 0 Å². The van der Waals surface area contributed by atoms with Crippen LogP contribution in [0.4, 0.5) is 0 Å². The Labute approximate surface area is 151 Å². The summed E-state index contributed by atoms with van der Waals surface area (Å²) >= 11 is 0. The van der Waals surface area contributed by atoms with E-state index in [1.54, 1.807) is 6.21 Å². The molecule has 134 valence electrons. The van der Waals surface area contributed by atoms with E-state index in [-0.39, 0.29) is 29.7 Å². The van der Waals surface area contributed by atoms with Crippen LogP contribution in [0.25, 0.3) is 0 Å². The van der Waals surface area contributed by atoms with Crippen molar-refractivity contribution in [2.24, 2.45) is 10.4 Å². The minimum absolute atomic E-state index is 0.0140. The fourth-order valence-corrected chi connectivity index (χ4v) is 2.90. The number of phenolic OH excluding ortho intramolecular Hbond substituents is 1. The second-order valence-corrected chi connectivity index (χ2v) is 7.77. The highest BCUT2D eigenvalue weighted by atomic mass is 16.3. The molecule has 3 nitrogen and oxygen atoms in total. The van der Waals surface area contributed by atoms with Crippen molar-refractivity contribution in [1.82, 2.24) is 0 Å². The number of hydrogen-bond donors (Lipinski definition) is 2. The molecule has 0 radical (unpaired) electrons. The Morgan fingerprint density at radius 1 is 1.12 bits per heavy atom. The standard InChI is InChI=1S/C22H29NO2/c1-15-11-18(13-23-20(14-24)22(3,4)5)21(25)19(12-15)16(2)17-9-7-6-8-10-17/h6-13,16,20,24-25H,14H2,1-5H3/t16-,20-/m1/s1. The van der Waals surface area contributed by atoms with Crippen LogP contribution in [-0.2, 0) is 0 Å². The van der Waals surface area contributed by atoms with E-state index in [1.165, 1.54) is 0 Å². The molecule has 0 aliphatic heterocycles. The average molecular weight is 339 g/mol. The van der Waals surface area contributed by atoms with Crippen molar-refractivity contribution in [3.8, 4) is 5.75 Å². The molecule has 0 fully saturated rings. The molecule has 0 saturated carbocycles. The molecule has 0 unspecified atom stereocenters. The van der Waals surface area contributed by atoms with Crippen molar-refractivity contribution in [3.05, 3.63) is 64.7 Å². The van der Waals surface area contributed by atoms with Crippen molar-refractivity contribution < 1.29 is 10.2 Å². The van der Waals surface area contributed by atoms with Crippen LogP contribution in [0.1, 0.15) is 55.9 Å². The highest BCUT2D eigenvalue weighted by molar-refractivity contribution is 5.85. The zero-order valence-electron chi connectivity index (χ0n) is 15.8. The molecule has 2 aromatic rings. The van der Waals surface area contributed by atoms with Gasteiger partial charge in [-0.05, 0) is 29.5 Å². The van der Waals surface area contributed by atoms with E-state index in [0.29, 0.717) is 5.56 Å². The molecule has 25 heavy (non-hydrogen) atoms. The fourth-order valence-electron chi connectivity index (χ4n) is 2.90. The molecule has 0 saturated heterocycles. The summed E-state index contributed by atoms with van der Waals surface area (Å²) in [5.41, 5.74) is 3.69. The van der Waals surface area contributed by atoms with Crippen LogP contribution in [-0.4, -0.2) is 29.1 Å². The summed E-state index contributed by atoms with van der Waals surface area (Å²) in [6.07, 6.45) is 1.69. The lowest BCUT2D eigenvalue weighted by Crippen LogP contribution is -2.28. The monoisotopic (exact) mass is 339 g/mol. The number of hydrogen-bond acceptors (Lipinski definition) is 3. The maximum absolute atomic E-state index is 10.8. The molecular weight excluding hydrogens is 310 g/mol. The van der Waals surface area contributed by atoms with E-state index in [1.807, 2.05) is 58.0 Å². The Kier molecular flexibility index (Phi) is 6.02. The Bertz CT molecular complexity index is 730. The van der Waals surface area contributed by atoms with E-state index < -0.39 is 0 Å². The molecule has 0 heterocycles. The quantitative estimate of drug-likeness (QED) is 0.777. The van der Waals surface area contributed by atoms with Gasteiger partial charge in [0.2, 0.25) is 0 Å². The summed E-state index contributed by atoms with van der Waals surface area (Å²) in [6.45, 7) is 10.2. The highest BCUT2D eigenvalue weighted by Gasteiger charge is 2.23. The molecule has 2 aromatic carbocycles. The third-order valence-electron chi connectivity index (χ3n) is 4.65. The first kappa shape index (κ1) is 19.2. The van der Waals surface area contributed by atoms with Gasteiger partial charge in [0, 0.05) is 23.3 Å². The van der Waals surface area contributed by atoms with E-state index in [0.717, 1.165) is 16.7 Å². The van der Waals surface area contributed by atoms with Crippen molar-refractivity contribution in [2.75, 3.05) is 6.61 Å². The van der Waals surface area contributed by atoms with E-state index in [9.17, 15) is 10.2 Å². The van der Waals surface area contributed by atoms with Gasteiger partial charge in [0.1, 0.15) is 5.75 Å². The van der Waals surface area contributed by atoms with Gasteiger partial charge in [-0.25, -0.2) is 0 Å². The maximum Gasteiger partial charge on any atom is 0.128 e. The number of nitrogens with zero attached hydrogens (tertiary/aromatic N) is 1. The lowest BCUT2D eigenvalue weighted by molar-refractivity contribution is 0.191. The lowest BCUT2D eigenvalue weighted by Gasteiger charge is -2.25. The number of aliphatic hydroxyl groups is 1. The summed E-state index contributed by atoms with van der Waals surface area (Å²) < 4.78 is 0. The second-order valence-electron chi connectivity index (χ2n) is 7.77. The Hall–Kier alpha value is -2.13. The molecule has 2 atom stereocenters. The highest BCUT2D eigenvalue weighted by Crippen LogP contribution is 2.34. The molecule has 0 aromatic heterocycles. The number of phenols is 1. The fraction of sp³-hybridized carbons (Fsp3) is 0.409. The summed E-state index contributed by atoms with van der Waals surface area (Å²) in [4.78, 5) is 4.52. The van der Waals surface area contributed by atoms with E-state index >= 15 is 0 Å². The number of aryl methyl sites for hydroxylation is 1. The largest absolute Gasteiger partial charge is 0.507 e. The number of aromatic hydroxyl groups is 1. The minimum Gasteiger partial charge on any atom is -0.507 e. The third-order valence-corrected chi connectivity index (χ3v) is 4.65. The second kappa shape index (κ2) is 7.83. The van der Waals surface area contributed by atoms with Gasteiger partial charge in [-0.1, -0.05) is 64.1 Å². The molecule has 3 heteroatoms. The zero-order chi connectivity index (χ0) is 18.6. The molecule has 0 bridgehead atoms. The van der Waals surface area contributed by atoms with Crippen LogP contribution in [0.5, 0.6) is 5.75 Å². The predicted molar refractivity (Wildman–Crippen MR) is 105 cm³/mol. The summed E-state index contributed by atoms with van der Waals surface area (Å²) in [7, 11) is 0. The Morgan fingerprint density at radius 2 is 1.76 bits per heavy atom. The average Bonchev–Trinajstić information content (AvgIpc) is 2.57. The minimum atomic E-state index is -0.206. The molecular formula is C22H29NO2. The topological polar surface area (TPSA) is 52.8 Å². The van der Waals surface area contributed by atoms with Crippen LogP contribution in [0.3, 0.4) is 0 Å². The molecule has 0 amide bonds. The molecule has 0 aliphatic carbocycles. The first-order valence-electron chi connectivity index (χ1n) is 8.76. The zero-order valence-corrected chi connectivity index (χ0v) is 15.8. The van der Waals surface area contributed by atoms with Gasteiger partial charge in [0.15, 0.2) is 0 Å². The first-order chi connectivity index (χ1) is 11.7. The molecule has 0 aliphatic rings. The van der Waals surface area contributed by atoms with Gasteiger partial charge in [-0.15, -0.1) is 0 Å². The van der Waals surface area contributed by atoms with Gasteiger partial charge in [0.25, 0.3) is 0 Å². The number of rotatable bonds is 5. The van der Waals surface area contributed by atoms with Crippen molar-refractivity contribution in [2.45, 2.75) is 46.6 Å². The Morgan fingerprint density at radius 3 is 2.32 bits per heavy atom. The van der Waals surface area contributed by atoms with E-state index in [4.69, 9.17) is 0 Å². The Balaban J connectivity index is 2.40. The van der Waals surface area contributed by atoms with Crippen LogP contribution in [0.2, 0.25) is 0 Å². The van der Waals surface area contributed by atoms with Gasteiger partial charge >= 0.3 is 0 Å². The third kappa shape index (κ3) is 4.70. The summed E-state index contributed by atoms with van der Waals surface area (Å²) in [5.74, 6) is 0.348. The van der Waals surface area contributed by atoms with Crippen molar-refractivity contribution in [3.63, 3.8) is 0 Å². The van der Waals surface area contributed by atoms with Crippen molar-refractivity contribution in [1.29, 1.82) is 0 Å². The number of benzene rings is 2. The first-order valence-corrected chi connectivity index (χ1v) is 8.76. The normalized spacial score (nSPS) is 14.6. The van der Waals surface area contributed by atoms with Crippen LogP contribution in [0.15, 0.2) is 47.5 Å². The number of aliphatic hydroxyl groups excluding tert-OH is 1. The molecule has 2 rings (SSSR count). The summed E-state index contributed by atoms with van der Waals surface area (Å²) in [5, 5.41) is 20.4. The van der Waals surface area contributed by atoms with Crippen molar-refractivity contribution >= 4 is 6.21 Å². The number of aliphatic imine (C=N–C) groups is 1. The lowest BCUT2D eigenvalue weighted by atomic mass is 9.87. The maximum atomic E-state index is 10.8. The SMILES string of the molecule is Cc1cc(C=N[C@H](CO)C(C)(C)C)c(O)c([C@H](C)c2ccccc2)c1. The smallest absolute Gasteiger partial charge is 0.128 e. The van der Waals surface area contributed by atoms with Gasteiger partial charge < -0.3 is 10.2 Å². The van der Waals surface area contributed by atoms with Crippen LogP contribution >= 0.6 is 0 Å². The van der Waals surface area contributed by atoms with Crippen LogP contribution < -0.4 is 0 Å².